The van der Waals surface area contributed by atoms with Crippen LogP contribution in [0, 0.1) is 0 Å². The molecule has 1 aliphatic carbocycles. The van der Waals surface area contributed by atoms with Gasteiger partial charge in [-0.2, -0.15) is 0 Å². The van der Waals surface area contributed by atoms with E-state index in [4.69, 9.17) is 18.3 Å². The molecular formula is C23H30O6Si. The minimum atomic E-state index is -2.99. The van der Waals surface area contributed by atoms with Crippen molar-refractivity contribution in [3.8, 4) is 5.75 Å². The third kappa shape index (κ3) is 3.30. The van der Waals surface area contributed by atoms with Crippen LogP contribution in [0.1, 0.15) is 53.2 Å². The van der Waals surface area contributed by atoms with Gasteiger partial charge < -0.3 is 18.3 Å². The molecule has 1 aromatic rings. The van der Waals surface area contributed by atoms with Crippen molar-refractivity contribution < 1.29 is 27.9 Å². The van der Waals surface area contributed by atoms with Gasteiger partial charge in [0.2, 0.25) is 23.1 Å². The summed E-state index contributed by atoms with van der Waals surface area (Å²) in [6, 6.07) is 7.53. The van der Waals surface area contributed by atoms with E-state index in [0.717, 1.165) is 5.56 Å². The highest BCUT2D eigenvalue weighted by Gasteiger charge is 2.63. The quantitative estimate of drug-likeness (QED) is 0.508. The van der Waals surface area contributed by atoms with E-state index in [2.05, 4.69) is 41.5 Å². The lowest BCUT2D eigenvalue weighted by Gasteiger charge is -2.53. The highest BCUT2D eigenvalue weighted by atomic mass is 28.4. The monoisotopic (exact) mass is 430 g/mol. The minimum Gasteiger partial charge on any atom is -0.519 e. The van der Waals surface area contributed by atoms with Crippen LogP contribution in [0.2, 0.25) is 10.1 Å². The van der Waals surface area contributed by atoms with Gasteiger partial charge in [0, 0.05) is 21.2 Å². The van der Waals surface area contributed by atoms with Gasteiger partial charge >= 0.3 is 8.56 Å². The average Bonchev–Trinajstić information content (AvgIpc) is 2.66. The lowest BCUT2D eigenvalue weighted by molar-refractivity contribution is -0.121. The Labute approximate surface area is 179 Å². The molecule has 0 spiro atoms. The molecule has 1 atom stereocenters. The van der Waals surface area contributed by atoms with Gasteiger partial charge in [0.15, 0.2) is 0 Å². The summed E-state index contributed by atoms with van der Waals surface area (Å²) in [6.07, 6.45) is 0.570. The Kier molecular flexibility index (Phi) is 5.49. The SMILES string of the molecule is COC1=C(OC)C(=O)C(C2O[Si](C(C)(C)C)(C(C)(C)C)Oc3ccccc32)=CC1=O. The Morgan fingerprint density at radius 1 is 0.900 bits per heavy atom. The summed E-state index contributed by atoms with van der Waals surface area (Å²) in [5, 5.41) is -0.617. The molecule has 0 amide bonds. The van der Waals surface area contributed by atoms with Gasteiger partial charge in [-0.3, -0.25) is 9.59 Å². The molecule has 1 aromatic carbocycles. The largest absolute Gasteiger partial charge is 0.519 e. The number of hydrogen-bond donors (Lipinski definition) is 0. The average molecular weight is 431 g/mol. The standard InChI is InChI=1S/C23H30O6Si/c1-22(2,3)30(23(4,5)6)28-17-12-10-9-11-14(17)19(29-30)15-13-16(24)20(26-7)21(27-8)18(15)25/h9-13,19H,1-8H3. The van der Waals surface area contributed by atoms with E-state index in [0.29, 0.717) is 5.75 Å². The highest BCUT2D eigenvalue weighted by Crippen LogP contribution is 2.58. The second-order valence-electron chi connectivity index (χ2n) is 9.61. The van der Waals surface area contributed by atoms with Gasteiger partial charge in [0.25, 0.3) is 0 Å². The maximum atomic E-state index is 13.3. The smallest absolute Gasteiger partial charge is 0.410 e. The zero-order valence-corrected chi connectivity index (χ0v) is 19.9. The molecular weight excluding hydrogens is 400 g/mol. The third-order valence-electron chi connectivity index (χ3n) is 5.59. The zero-order valence-electron chi connectivity index (χ0n) is 18.9. The molecule has 0 aromatic heterocycles. The second-order valence-corrected chi connectivity index (χ2v) is 14.3. The van der Waals surface area contributed by atoms with Crippen molar-refractivity contribution in [3.05, 3.63) is 53.0 Å². The molecule has 0 fully saturated rings. The Balaban J connectivity index is 2.22. The first-order valence-corrected chi connectivity index (χ1v) is 11.8. The molecule has 0 radical (unpaired) electrons. The summed E-state index contributed by atoms with van der Waals surface area (Å²) >= 11 is 0. The summed E-state index contributed by atoms with van der Waals surface area (Å²) < 4.78 is 23.8. The lowest BCUT2D eigenvalue weighted by atomic mass is 9.91. The number of para-hydroxylation sites is 1. The van der Waals surface area contributed by atoms with Gasteiger partial charge in [-0.25, -0.2) is 0 Å². The minimum absolute atomic E-state index is 0.0956. The summed E-state index contributed by atoms with van der Waals surface area (Å²) in [4.78, 5) is 26.0. The van der Waals surface area contributed by atoms with Gasteiger partial charge in [-0.15, -0.1) is 0 Å². The molecule has 0 saturated carbocycles. The van der Waals surface area contributed by atoms with E-state index in [1.807, 2.05) is 24.3 Å². The molecule has 1 unspecified atom stereocenters. The Hall–Kier alpha value is -2.38. The first kappa shape index (κ1) is 22.3. The summed E-state index contributed by atoms with van der Waals surface area (Å²) in [5.74, 6) is -0.350. The third-order valence-corrected chi connectivity index (χ3v) is 10.6. The number of ketones is 2. The Bertz CT molecular complexity index is 931. The topological polar surface area (TPSA) is 71.1 Å². The maximum absolute atomic E-state index is 13.3. The fourth-order valence-corrected chi connectivity index (χ4v) is 9.11. The fraction of sp³-hybridized carbons (Fsp3) is 0.478. The highest BCUT2D eigenvalue weighted by molar-refractivity contribution is 6.74. The van der Waals surface area contributed by atoms with Crippen LogP contribution in [0.25, 0.3) is 0 Å². The van der Waals surface area contributed by atoms with E-state index in [-0.39, 0.29) is 27.2 Å². The van der Waals surface area contributed by atoms with Crippen LogP contribution >= 0.6 is 0 Å². The molecule has 6 nitrogen and oxygen atoms in total. The lowest BCUT2D eigenvalue weighted by Crippen LogP contribution is -2.62. The second kappa shape index (κ2) is 7.39. The van der Waals surface area contributed by atoms with Gasteiger partial charge in [-0.05, 0) is 12.1 Å². The van der Waals surface area contributed by atoms with Crippen molar-refractivity contribution >= 4 is 20.1 Å². The predicted molar refractivity (Wildman–Crippen MR) is 115 cm³/mol. The maximum Gasteiger partial charge on any atom is 0.410 e. The van der Waals surface area contributed by atoms with E-state index in [1.165, 1.54) is 20.3 Å². The number of allylic oxidation sites excluding steroid dienone is 2. The normalized spacial score (nSPS) is 21.6. The van der Waals surface area contributed by atoms with Crippen molar-refractivity contribution in [3.63, 3.8) is 0 Å². The summed E-state index contributed by atoms with van der Waals surface area (Å²) in [5.41, 5.74) is 0.955. The number of carbonyl (C=O) groups is 2. The van der Waals surface area contributed by atoms with Crippen molar-refractivity contribution in [1.82, 2.24) is 0 Å². The van der Waals surface area contributed by atoms with Gasteiger partial charge in [0.05, 0.1) is 14.2 Å². The molecule has 0 bridgehead atoms. The number of ether oxygens (including phenoxy) is 2. The van der Waals surface area contributed by atoms with E-state index < -0.39 is 26.2 Å². The predicted octanol–water partition coefficient (Wildman–Crippen LogP) is 4.76. The number of fused-ring (bicyclic) bond motifs is 1. The number of methoxy groups -OCH3 is 2. The molecule has 162 valence electrons. The van der Waals surface area contributed by atoms with Crippen LogP contribution in [0.15, 0.2) is 47.4 Å². The van der Waals surface area contributed by atoms with E-state index >= 15 is 0 Å². The summed E-state index contributed by atoms with van der Waals surface area (Å²) in [6.45, 7) is 12.6. The molecule has 1 aliphatic heterocycles. The number of rotatable bonds is 3. The van der Waals surface area contributed by atoms with Crippen LogP contribution in [-0.4, -0.2) is 34.3 Å². The Morgan fingerprint density at radius 3 is 2.00 bits per heavy atom. The molecule has 30 heavy (non-hydrogen) atoms. The number of Topliss-reactive ketones (excluding diaryl/α,β-unsaturated/α-hetero) is 1. The molecule has 0 saturated heterocycles. The number of hydrogen-bond acceptors (Lipinski definition) is 6. The van der Waals surface area contributed by atoms with Crippen LogP contribution in [-0.2, 0) is 23.5 Å². The van der Waals surface area contributed by atoms with Crippen LogP contribution in [0.3, 0.4) is 0 Å². The van der Waals surface area contributed by atoms with Gasteiger partial charge in [0.1, 0.15) is 11.9 Å². The van der Waals surface area contributed by atoms with Crippen molar-refractivity contribution in [1.29, 1.82) is 0 Å². The molecule has 2 aliphatic rings. The Morgan fingerprint density at radius 2 is 1.47 bits per heavy atom. The van der Waals surface area contributed by atoms with Crippen LogP contribution in [0.5, 0.6) is 5.75 Å². The van der Waals surface area contributed by atoms with Crippen LogP contribution < -0.4 is 4.43 Å². The first-order chi connectivity index (χ1) is 13.9. The van der Waals surface area contributed by atoms with Gasteiger partial charge in [-0.1, -0.05) is 59.7 Å². The molecule has 3 rings (SSSR count). The fourth-order valence-electron chi connectivity index (χ4n) is 4.41. The first-order valence-electron chi connectivity index (χ1n) is 9.96. The zero-order chi connectivity index (χ0) is 22.5. The molecule has 7 heteroatoms. The van der Waals surface area contributed by atoms with E-state index in [9.17, 15) is 9.59 Å². The van der Waals surface area contributed by atoms with E-state index in [1.54, 1.807) is 0 Å². The van der Waals surface area contributed by atoms with Crippen molar-refractivity contribution in [2.24, 2.45) is 0 Å². The molecule has 1 heterocycles. The summed E-state index contributed by atoms with van der Waals surface area (Å²) in [7, 11) is -0.291. The number of carbonyl (C=O) groups excluding carboxylic acids is 2. The van der Waals surface area contributed by atoms with Crippen LogP contribution in [0.4, 0.5) is 0 Å². The number of benzene rings is 1. The molecule has 0 N–H and O–H groups in total. The van der Waals surface area contributed by atoms with Crippen molar-refractivity contribution in [2.75, 3.05) is 14.2 Å². The van der Waals surface area contributed by atoms with Crippen molar-refractivity contribution in [2.45, 2.75) is 57.7 Å².